The highest BCUT2D eigenvalue weighted by atomic mass is 32.2. The summed E-state index contributed by atoms with van der Waals surface area (Å²) in [4.78, 5) is 17.3. The number of carbonyl (C=O) groups excluding carboxylic acids is 1. The van der Waals surface area contributed by atoms with E-state index in [1.54, 1.807) is 35.1 Å². The molecule has 1 aromatic heterocycles. The first-order chi connectivity index (χ1) is 8.58. The molecule has 0 aliphatic rings. The first-order valence-corrected chi connectivity index (χ1v) is 7.64. The van der Waals surface area contributed by atoms with Crippen molar-refractivity contribution < 1.29 is 9.00 Å². The Hall–Kier alpha value is -1.53. The van der Waals surface area contributed by atoms with E-state index in [1.807, 2.05) is 18.6 Å². The number of benzene rings is 1. The summed E-state index contributed by atoms with van der Waals surface area (Å²) >= 11 is 1.41. The van der Waals surface area contributed by atoms with E-state index < -0.39 is 10.8 Å². The number of thiazole rings is 1. The molecule has 0 saturated carbocycles. The fourth-order valence-corrected chi connectivity index (χ4v) is 2.62. The summed E-state index contributed by atoms with van der Waals surface area (Å²) < 4.78 is 13.0. The maximum atomic E-state index is 11.9. The lowest BCUT2D eigenvalue weighted by molar-refractivity contribution is 0.0998. The molecular formula is C12H12N2O2S2. The Balaban J connectivity index is 2.30. The standard InChI is InChI=1S/C12H12N2O2S2/c1-14-7-8-17-12(14)13-11(15)9-3-5-10(6-4-9)18(2)16/h3-8H,1-2H3/t18-/m1/s1. The van der Waals surface area contributed by atoms with E-state index in [0.29, 0.717) is 15.3 Å². The molecule has 0 saturated heterocycles. The third-order valence-corrected chi connectivity index (χ3v) is 4.17. The van der Waals surface area contributed by atoms with E-state index in [1.165, 1.54) is 11.3 Å². The predicted octanol–water partition coefficient (Wildman–Crippen LogP) is 1.57. The zero-order valence-electron chi connectivity index (χ0n) is 9.99. The molecule has 2 aromatic rings. The van der Waals surface area contributed by atoms with Crippen LogP contribution >= 0.6 is 11.3 Å². The van der Waals surface area contributed by atoms with Crippen LogP contribution in [0.3, 0.4) is 0 Å². The van der Waals surface area contributed by atoms with Gasteiger partial charge in [-0.15, -0.1) is 11.3 Å². The lowest BCUT2D eigenvalue weighted by Gasteiger charge is -1.98. The van der Waals surface area contributed by atoms with Crippen molar-refractivity contribution in [1.82, 2.24) is 4.57 Å². The summed E-state index contributed by atoms with van der Waals surface area (Å²) in [5.41, 5.74) is 0.498. The van der Waals surface area contributed by atoms with E-state index in [0.717, 1.165) is 0 Å². The summed E-state index contributed by atoms with van der Waals surface area (Å²) in [6.07, 6.45) is 3.45. The third kappa shape index (κ3) is 2.83. The van der Waals surface area contributed by atoms with Gasteiger partial charge >= 0.3 is 0 Å². The van der Waals surface area contributed by atoms with Crippen LogP contribution < -0.4 is 4.80 Å². The molecule has 0 aliphatic carbocycles. The Labute approximate surface area is 111 Å². The lowest BCUT2D eigenvalue weighted by atomic mass is 10.2. The quantitative estimate of drug-likeness (QED) is 0.838. The van der Waals surface area contributed by atoms with Crippen LogP contribution in [0.4, 0.5) is 0 Å². The second-order valence-corrected chi connectivity index (χ2v) is 5.94. The number of hydrogen-bond acceptors (Lipinski definition) is 3. The highest BCUT2D eigenvalue weighted by Gasteiger charge is 2.05. The maximum Gasteiger partial charge on any atom is 0.279 e. The maximum absolute atomic E-state index is 11.9. The van der Waals surface area contributed by atoms with Gasteiger partial charge < -0.3 is 4.57 Å². The van der Waals surface area contributed by atoms with E-state index in [2.05, 4.69) is 4.99 Å². The monoisotopic (exact) mass is 280 g/mol. The van der Waals surface area contributed by atoms with Crippen LogP contribution in [0.5, 0.6) is 0 Å². The Morgan fingerprint density at radius 2 is 2.00 bits per heavy atom. The Kier molecular flexibility index (Phi) is 3.88. The molecule has 0 N–H and O–H groups in total. The molecule has 0 fully saturated rings. The van der Waals surface area contributed by atoms with Crippen LogP contribution in [0.25, 0.3) is 0 Å². The van der Waals surface area contributed by atoms with E-state index in [4.69, 9.17) is 0 Å². The van der Waals surface area contributed by atoms with Crippen molar-refractivity contribution in [2.45, 2.75) is 4.90 Å². The minimum Gasteiger partial charge on any atom is -0.327 e. The highest BCUT2D eigenvalue weighted by Crippen LogP contribution is 2.08. The number of aryl methyl sites for hydroxylation is 1. The zero-order chi connectivity index (χ0) is 13.1. The number of nitrogens with zero attached hydrogens (tertiary/aromatic N) is 2. The van der Waals surface area contributed by atoms with Crippen molar-refractivity contribution >= 4 is 28.0 Å². The van der Waals surface area contributed by atoms with Gasteiger partial charge in [-0.3, -0.25) is 9.00 Å². The summed E-state index contributed by atoms with van der Waals surface area (Å²) in [5, 5.41) is 1.87. The third-order valence-electron chi connectivity index (χ3n) is 2.39. The fourth-order valence-electron chi connectivity index (χ4n) is 1.38. The minimum atomic E-state index is -1.03. The largest absolute Gasteiger partial charge is 0.327 e. The zero-order valence-corrected chi connectivity index (χ0v) is 11.6. The molecule has 1 atom stereocenters. The topological polar surface area (TPSA) is 51.4 Å². The summed E-state index contributed by atoms with van der Waals surface area (Å²) in [7, 11) is 0.810. The Bertz CT molecular complexity index is 653. The van der Waals surface area contributed by atoms with Crippen LogP contribution in [-0.2, 0) is 17.8 Å². The van der Waals surface area contributed by atoms with E-state index in [9.17, 15) is 9.00 Å². The molecular weight excluding hydrogens is 268 g/mol. The van der Waals surface area contributed by atoms with Crippen LogP contribution in [0.1, 0.15) is 10.4 Å². The molecule has 0 unspecified atom stereocenters. The average molecular weight is 280 g/mol. The van der Waals surface area contributed by atoms with Crippen molar-refractivity contribution in [3.63, 3.8) is 0 Å². The number of carbonyl (C=O) groups is 1. The summed E-state index contributed by atoms with van der Waals surface area (Å²) in [6.45, 7) is 0. The van der Waals surface area contributed by atoms with Gasteiger partial charge in [0.15, 0.2) is 4.80 Å². The molecule has 1 amide bonds. The fraction of sp³-hybridized carbons (Fsp3) is 0.167. The van der Waals surface area contributed by atoms with Crippen molar-refractivity contribution in [3.05, 3.63) is 46.2 Å². The highest BCUT2D eigenvalue weighted by molar-refractivity contribution is 7.84. The molecule has 0 bridgehead atoms. The first-order valence-electron chi connectivity index (χ1n) is 5.20. The molecule has 1 aromatic carbocycles. The Morgan fingerprint density at radius 3 is 2.50 bits per heavy atom. The number of amides is 1. The molecule has 0 spiro atoms. The number of aromatic nitrogens is 1. The molecule has 6 heteroatoms. The number of hydrogen-bond donors (Lipinski definition) is 0. The molecule has 94 valence electrons. The van der Waals surface area contributed by atoms with Crippen molar-refractivity contribution in [3.8, 4) is 0 Å². The second-order valence-electron chi connectivity index (χ2n) is 3.69. The van der Waals surface area contributed by atoms with Gasteiger partial charge in [0.2, 0.25) is 0 Å². The molecule has 2 rings (SSSR count). The SMILES string of the molecule is Cn1ccsc1=NC(=O)c1ccc([S@@](C)=O)cc1. The smallest absolute Gasteiger partial charge is 0.279 e. The van der Waals surface area contributed by atoms with Crippen LogP contribution in [-0.4, -0.2) is 20.9 Å². The van der Waals surface area contributed by atoms with Crippen LogP contribution in [0, 0.1) is 0 Å². The molecule has 4 nitrogen and oxygen atoms in total. The van der Waals surface area contributed by atoms with Crippen molar-refractivity contribution in [2.24, 2.45) is 12.0 Å². The first kappa shape index (κ1) is 12.9. The number of rotatable bonds is 2. The van der Waals surface area contributed by atoms with Gasteiger partial charge in [-0.05, 0) is 24.3 Å². The molecule has 0 aliphatic heterocycles. The summed E-state index contributed by atoms with van der Waals surface area (Å²) in [5.74, 6) is -0.290. The van der Waals surface area contributed by atoms with Gasteiger partial charge in [-0.25, -0.2) is 0 Å². The van der Waals surface area contributed by atoms with Gasteiger partial charge in [-0.2, -0.15) is 4.99 Å². The van der Waals surface area contributed by atoms with Gasteiger partial charge in [0.25, 0.3) is 5.91 Å². The van der Waals surface area contributed by atoms with E-state index in [-0.39, 0.29) is 5.91 Å². The van der Waals surface area contributed by atoms with Gasteiger partial charge in [0, 0.05) is 46.1 Å². The molecule has 1 heterocycles. The lowest BCUT2D eigenvalue weighted by Crippen LogP contribution is -2.12. The second kappa shape index (κ2) is 5.41. The molecule has 18 heavy (non-hydrogen) atoms. The van der Waals surface area contributed by atoms with Gasteiger partial charge in [0.05, 0.1) is 0 Å². The van der Waals surface area contributed by atoms with Crippen LogP contribution in [0.2, 0.25) is 0 Å². The van der Waals surface area contributed by atoms with Crippen molar-refractivity contribution in [2.75, 3.05) is 6.26 Å². The van der Waals surface area contributed by atoms with Crippen LogP contribution in [0.15, 0.2) is 45.7 Å². The van der Waals surface area contributed by atoms with E-state index >= 15 is 0 Å². The van der Waals surface area contributed by atoms with Crippen molar-refractivity contribution in [1.29, 1.82) is 0 Å². The summed E-state index contributed by atoms with van der Waals surface area (Å²) in [6, 6.07) is 6.67. The normalized spacial score (nSPS) is 13.6. The Morgan fingerprint density at radius 1 is 1.33 bits per heavy atom. The minimum absolute atomic E-state index is 0.290. The van der Waals surface area contributed by atoms with Gasteiger partial charge in [0.1, 0.15) is 0 Å². The average Bonchev–Trinajstić information content (AvgIpc) is 2.75. The molecule has 0 radical (unpaired) electrons. The predicted molar refractivity (Wildman–Crippen MR) is 72.0 cm³/mol. The van der Waals surface area contributed by atoms with Gasteiger partial charge in [-0.1, -0.05) is 0 Å².